The Morgan fingerprint density at radius 3 is 1.54 bits per heavy atom. The summed E-state index contributed by atoms with van der Waals surface area (Å²) in [7, 11) is 0. The predicted molar refractivity (Wildman–Crippen MR) is 112 cm³/mol. The third-order valence-corrected chi connectivity index (χ3v) is 5.71. The van der Waals surface area contributed by atoms with Gasteiger partial charge in [0.25, 0.3) is 0 Å². The number of hydrogen-bond acceptors (Lipinski definition) is 8. The first kappa shape index (κ1) is 18.5. The van der Waals surface area contributed by atoms with E-state index in [0.29, 0.717) is 0 Å². The molecule has 0 aliphatic heterocycles. The van der Waals surface area contributed by atoms with Gasteiger partial charge in [0.1, 0.15) is 0 Å². The topological polar surface area (TPSA) is 77.3 Å². The maximum atomic E-state index is 4.61. The van der Waals surface area contributed by atoms with Crippen molar-refractivity contribution in [1.29, 1.82) is 0 Å². The average molecular weight is 405 g/mol. The molecule has 0 fully saturated rings. The van der Waals surface area contributed by atoms with Crippen LogP contribution < -0.4 is 0 Å². The van der Waals surface area contributed by atoms with Gasteiger partial charge in [-0.1, -0.05) is 23.5 Å². The Kier molecular flexibility index (Phi) is 6.21. The van der Waals surface area contributed by atoms with Crippen LogP contribution >= 0.6 is 23.5 Å². The van der Waals surface area contributed by atoms with E-state index < -0.39 is 0 Å². The van der Waals surface area contributed by atoms with Gasteiger partial charge in [-0.15, -0.1) is 0 Å². The Bertz CT molecular complexity index is 946. The van der Waals surface area contributed by atoms with Gasteiger partial charge in [-0.25, -0.2) is 19.9 Å². The molecule has 4 heterocycles. The fourth-order valence-corrected chi connectivity index (χ4v) is 4.07. The lowest BCUT2D eigenvalue weighted by Crippen LogP contribution is -1.94. The minimum Gasteiger partial charge on any atom is -0.264 e. The lowest BCUT2D eigenvalue weighted by atomic mass is 10.2. The number of hydrogen-bond donors (Lipinski definition) is 0. The van der Waals surface area contributed by atoms with Crippen LogP contribution in [0.1, 0.15) is 0 Å². The van der Waals surface area contributed by atoms with Crippen LogP contribution in [0.4, 0.5) is 0 Å². The summed E-state index contributed by atoms with van der Waals surface area (Å²) in [5.41, 5.74) is 3.74. The lowest BCUT2D eigenvalue weighted by Gasteiger charge is -2.04. The molecule has 0 aliphatic carbocycles. The van der Waals surface area contributed by atoms with E-state index in [2.05, 4.69) is 29.9 Å². The van der Waals surface area contributed by atoms with Gasteiger partial charge in [0.2, 0.25) is 0 Å². The van der Waals surface area contributed by atoms with Crippen LogP contribution in [0.3, 0.4) is 0 Å². The van der Waals surface area contributed by atoms with Crippen molar-refractivity contribution >= 4 is 23.5 Å². The van der Waals surface area contributed by atoms with E-state index in [0.717, 1.165) is 44.3 Å². The number of rotatable bonds is 7. The lowest BCUT2D eigenvalue weighted by molar-refractivity contribution is 0.968. The molecule has 0 aromatic carbocycles. The number of aromatic nitrogens is 6. The van der Waals surface area contributed by atoms with Crippen molar-refractivity contribution in [3.63, 3.8) is 0 Å². The summed E-state index contributed by atoms with van der Waals surface area (Å²) < 4.78 is 0. The monoisotopic (exact) mass is 404 g/mol. The van der Waals surface area contributed by atoms with Crippen molar-refractivity contribution in [2.75, 3.05) is 11.5 Å². The highest BCUT2D eigenvalue weighted by Crippen LogP contribution is 2.23. The van der Waals surface area contributed by atoms with Crippen LogP contribution in [0.15, 0.2) is 83.9 Å². The summed E-state index contributed by atoms with van der Waals surface area (Å²) in [6, 6.07) is 11.6. The highest BCUT2D eigenvalue weighted by atomic mass is 32.2. The SMILES string of the molecule is c1cncc(-c2ccnc(SCCSc3nccc(-c4cccnc4)n3)n2)c1. The van der Waals surface area contributed by atoms with Crippen LogP contribution in [-0.4, -0.2) is 41.4 Å². The predicted octanol–water partition coefficient (Wildman–Crippen LogP) is 4.28. The molecule has 8 heteroatoms. The first-order valence-electron chi connectivity index (χ1n) is 8.61. The van der Waals surface area contributed by atoms with E-state index in [-0.39, 0.29) is 0 Å². The van der Waals surface area contributed by atoms with E-state index in [1.54, 1.807) is 60.7 Å². The number of nitrogens with zero attached hydrogens (tertiary/aromatic N) is 6. The van der Waals surface area contributed by atoms with Crippen molar-refractivity contribution in [2.45, 2.75) is 10.3 Å². The highest BCUT2D eigenvalue weighted by molar-refractivity contribution is 8.02. The van der Waals surface area contributed by atoms with Gasteiger partial charge in [-0.3, -0.25) is 9.97 Å². The fourth-order valence-electron chi connectivity index (χ4n) is 2.44. The summed E-state index contributed by atoms with van der Waals surface area (Å²) in [5, 5.41) is 1.51. The molecule has 0 N–H and O–H groups in total. The maximum Gasteiger partial charge on any atom is 0.188 e. The van der Waals surface area contributed by atoms with Gasteiger partial charge in [-0.2, -0.15) is 0 Å². The van der Waals surface area contributed by atoms with Crippen LogP contribution in [0.25, 0.3) is 22.5 Å². The highest BCUT2D eigenvalue weighted by Gasteiger charge is 2.05. The summed E-state index contributed by atoms with van der Waals surface area (Å²) in [5.74, 6) is 1.73. The van der Waals surface area contributed by atoms with Crippen LogP contribution in [0, 0.1) is 0 Å². The van der Waals surface area contributed by atoms with Gasteiger partial charge in [0.05, 0.1) is 11.4 Å². The third kappa shape index (κ3) is 4.90. The van der Waals surface area contributed by atoms with Crippen molar-refractivity contribution in [3.05, 3.63) is 73.6 Å². The summed E-state index contributed by atoms with van der Waals surface area (Å²) in [6.07, 6.45) is 10.7. The normalized spacial score (nSPS) is 10.7. The molecule has 0 atom stereocenters. The van der Waals surface area contributed by atoms with Crippen LogP contribution in [0.2, 0.25) is 0 Å². The standard InChI is InChI=1S/C20H16N6S2/c1-3-15(13-21-7-1)17-5-9-23-19(25-17)27-11-12-28-20-24-10-6-18(26-20)16-4-2-8-22-14-16/h1-10,13-14H,11-12H2. The molecule has 0 saturated carbocycles. The van der Waals surface area contributed by atoms with E-state index >= 15 is 0 Å². The molecule has 0 saturated heterocycles. The molecule has 0 spiro atoms. The Balaban J connectivity index is 1.33. The molecule has 0 bridgehead atoms. The molecule has 4 aromatic rings. The quantitative estimate of drug-likeness (QED) is 0.257. The zero-order valence-corrected chi connectivity index (χ0v) is 16.5. The molecule has 0 unspecified atom stereocenters. The molecule has 4 rings (SSSR count). The molecule has 4 aromatic heterocycles. The molecule has 0 aliphatic rings. The second-order valence-electron chi connectivity index (χ2n) is 5.63. The van der Waals surface area contributed by atoms with Crippen molar-refractivity contribution in [3.8, 4) is 22.5 Å². The summed E-state index contributed by atoms with van der Waals surface area (Å²) in [4.78, 5) is 26.2. The Labute approximate surface area is 171 Å². The Morgan fingerprint density at radius 1 is 0.607 bits per heavy atom. The zero-order valence-electron chi connectivity index (χ0n) is 14.8. The van der Waals surface area contributed by atoms with E-state index in [4.69, 9.17) is 0 Å². The largest absolute Gasteiger partial charge is 0.264 e. The first-order chi connectivity index (χ1) is 13.9. The molecule has 0 amide bonds. The van der Waals surface area contributed by atoms with Crippen molar-refractivity contribution < 1.29 is 0 Å². The van der Waals surface area contributed by atoms with Crippen LogP contribution in [-0.2, 0) is 0 Å². The minimum atomic E-state index is 0.756. The van der Waals surface area contributed by atoms with Gasteiger partial charge < -0.3 is 0 Å². The average Bonchev–Trinajstić information content (AvgIpc) is 2.78. The van der Waals surface area contributed by atoms with Gasteiger partial charge >= 0.3 is 0 Å². The maximum absolute atomic E-state index is 4.61. The molecular weight excluding hydrogens is 388 g/mol. The summed E-state index contributed by atoms with van der Waals surface area (Å²) >= 11 is 3.24. The van der Waals surface area contributed by atoms with Crippen molar-refractivity contribution in [1.82, 2.24) is 29.9 Å². The van der Waals surface area contributed by atoms with Gasteiger partial charge in [0.15, 0.2) is 10.3 Å². The number of pyridine rings is 2. The number of thioether (sulfide) groups is 2. The van der Waals surface area contributed by atoms with Crippen molar-refractivity contribution in [2.24, 2.45) is 0 Å². The summed E-state index contributed by atoms with van der Waals surface area (Å²) in [6.45, 7) is 0. The smallest absolute Gasteiger partial charge is 0.188 e. The van der Waals surface area contributed by atoms with E-state index in [1.165, 1.54) is 0 Å². The molecule has 28 heavy (non-hydrogen) atoms. The Hall–Kier alpha value is -2.84. The van der Waals surface area contributed by atoms with E-state index in [9.17, 15) is 0 Å². The van der Waals surface area contributed by atoms with Gasteiger partial charge in [0, 0.05) is 59.8 Å². The molecular formula is C20H16N6S2. The van der Waals surface area contributed by atoms with Gasteiger partial charge in [-0.05, 0) is 36.4 Å². The molecule has 6 nitrogen and oxygen atoms in total. The fraction of sp³-hybridized carbons (Fsp3) is 0.100. The third-order valence-electron chi connectivity index (χ3n) is 3.73. The Morgan fingerprint density at radius 2 is 1.11 bits per heavy atom. The minimum absolute atomic E-state index is 0.756. The second-order valence-corrected chi connectivity index (χ2v) is 7.75. The first-order valence-corrected chi connectivity index (χ1v) is 10.6. The molecule has 138 valence electrons. The zero-order chi connectivity index (χ0) is 19.0. The van der Waals surface area contributed by atoms with Crippen LogP contribution in [0.5, 0.6) is 0 Å². The molecule has 0 radical (unpaired) electrons. The van der Waals surface area contributed by atoms with E-state index in [1.807, 2.05) is 36.4 Å². The second kappa shape index (κ2) is 9.38.